The van der Waals surface area contributed by atoms with Gasteiger partial charge in [-0.3, -0.25) is 9.78 Å². The molecule has 2 rings (SSSR count). The largest absolute Gasteiger partial charge is 0.369 e. The summed E-state index contributed by atoms with van der Waals surface area (Å²) in [6.45, 7) is 4.52. The third-order valence-corrected chi connectivity index (χ3v) is 1.46. The third kappa shape index (κ3) is 1.71. The normalized spacial score (nSPS) is 11.8. The molecule has 0 atom stereocenters. The molecule has 1 aromatic heterocycles. The molecule has 0 amide bonds. The summed E-state index contributed by atoms with van der Waals surface area (Å²) in [6.07, 6.45) is 0. The first-order valence-corrected chi connectivity index (χ1v) is 4.15. The summed E-state index contributed by atoms with van der Waals surface area (Å²) in [5.41, 5.74) is 5.52. The minimum Gasteiger partial charge on any atom is -0.369 e. The number of fused-ring (bicyclic) bond motifs is 1. The summed E-state index contributed by atoms with van der Waals surface area (Å²) in [6, 6.07) is 0. The number of nitrogens with two attached hydrogens (primary N) is 1. The second-order valence-electron chi connectivity index (χ2n) is 2.21. The van der Waals surface area contributed by atoms with Crippen molar-refractivity contribution in [3.05, 3.63) is 10.4 Å². The van der Waals surface area contributed by atoms with Crippen molar-refractivity contribution in [3.8, 4) is 0 Å². The second-order valence-corrected chi connectivity index (χ2v) is 2.21. The summed E-state index contributed by atoms with van der Waals surface area (Å²) in [4.78, 5) is 17.3. The number of nitrogens with one attached hydrogen (secondary N) is 3. The predicted octanol–water partition coefficient (Wildman–Crippen LogP) is 0.173. The van der Waals surface area contributed by atoms with Crippen LogP contribution in [0.15, 0.2) is 4.79 Å². The number of aromatic nitrogens is 2. The van der Waals surface area contributed by atoms with Crippen LogP contribution < -0.4 is 21.9 Å². The summed E-state index contributed by atoms with van der Waals surface area (Å²) < 4.78 is 0. The topological polar surface area (TPSA) is 95.8 Å². The monoisotopic (exact) mass is 183 g/mol. The summed E-state index contributed by atoms with van der Waals surface area (Å²) in [7, 11) is 0. The molecule has 1 aliphatic heterocycles. The van der Waals surface area contributed by atoms with Crippen LogP contribution in [0.2, 0.25) is 0 Å². The average Bonchev–Trinajstić information content (AvgIpc) is 2.55. The van der Waals surface area contributed by atoms with E-state index >= 15 is 0 Å². The molecule has 5 N–H and O–H groups in total. The Morgan fingerprint density at radius 2 is 2.08 bits per heavy atom. The minimum atomic E-state index is -0.238. The van der Waals surface area contributed by atoms with Crippen molar-refractivity contribution in [1.29, 1.82) is 0 Å². The van der Waals surface area contributed by atoms with Crippen molar-refractivity contribution in [2.75, 3.05) is 23.0 Å². The zero-order chi connectivity index (χ0) is 9.84. The molecule has 2 heterocycles. The lowest BCUT2D eigenvalue weighted by atomic mass is 10.5. The maximum absolute atomic E-state index is 11.1. The smallest absolute Gasteiger partial charge is 0.277 e. The fraction of sp³-hybridized carbons (Fsp3) is 0.429. The van der Waals surface area contributed by atoms with Gasteiger partial charge in [0.25, 0.3) is 5.56 Å². The highest BCUT2D eigenvalue weighted by atomic mass is 16.1. The van der Waals surface area contributed by atoms with Crippen LogP contribution in [0.5, 0.6) is 0 Å². The molecule has 6 nitrogen and oxygen atoms in total. The molecule has 1 aliphatic rings. The molecule has 1 aromatic rings. The van der Waals surface area contributed by atoms with Crippen LogP contribution in [-0.4, -0.2) is 16.6 Å². The second kappa shape index (κ2) is 3.79. The lowest BCUT2D eigenvalue weighted by molar-refractivity contribution is 1.16. The van der Waals surface area contributed by atoms with E-state index in [2.05, 4.69) is 20.6 Å². The van der Waals surface area contributed by atoms with Crippen molar-refractivity contribution in [2.24, 2.45) is 0 Å². The Labute approximate surface area is 75.6 Å². The predicted molar refractivity (Wildman–Crippen MR) is 52.7 cm³/mol. The average molecular weight is 183 g/mol. The quantitative estimate of drug-likeness (QED) is 0.460. The lowest BCUT2D eigenvalue weighted by Gasteiger charge is -1.96. The lowest BCUT2D eigenvalue weighted by Crippen LogP contribution is -2.13. The van der Waals surface area contributed by atoms with Gasteiger partial charge in [0.15, 0.2) is 5.82 Å². The highest BCUT2D eigenvalue weighted by Crippen LogP contribution is 2.17. The van der Waals surface area contributed by atoms with Gasteiger partial charge in [-0.15, -0.1) is 0 Å². The third-order valence-electron chi connectivity index (χ3n) is 1.46. The molecule has 72 valence electrons. The first kappa shape index (κ1) is 9.37. The molecule has 6 heteroatoms. The van der Waals surface area contributed by atoms with Gasteiger partial charge >= 0.3 is 0 Å². The molecular formula is C7H13N5O. The number of H-pyrrole nitrogens is 1. The number of rotatable bonds is 0. The van der Waals surface area contributed by atoms with Crippen molar-refractivity contribution in [3.63, 3.8) is 0 Å². The highest BCUT2D eigenvalue weighted by Gasteiger charge is 2.14. The molecule has 0 spiro atoms. The van der Waals surface area contributed by atoms with Gasteiger partial charge in [-0.25, -0.2) is 0 Å². The van der Waals surface area contributed by atoms with Gasteiger partial charge in [-0.05, 0) is 0 Å². The van der Waals surface area contributed by atoms with Crippen LogP contribution in [0.1, 0.15) is 13.8 Å². The van der Waals surface area contributed by atoms with E-state index in [0.29, 0.717) is 18.2 Å². The molecule has 0 fully saturated rings. The van der Waals surface area contributed by atoms with Crippen LogP contribution in [-0.2, 0) is 0 Å². The number of aromatic amines is 1. The number of nitrogens with zero attached hydrogens (tertiary/aromatic N) is 1. The Bertz CT molecular complexity index is 345. The summed E-state index contributed by atoms with van der Waals surface area (Å²) >= 11 is 0. The summed E-state index contributed by atoms with van der Waals surface area (Å²) in [5.74, 6) is 0.649. The standard InChI is InChI=1S/C5H7N5O.C2H6/c6-5-9-3-2(4(11)10-5)7-1-8-3;1-2/h7H,1H2,(H4,6,8,9,10,11);1-2H3. The molecule has 0 aliphatic carbocycles. The van der Waals surface area contributed by atoms with Gasteiger partial charge in [-0.1, -0.05) is 13.8 Å². The molecule has 13 heavy (non-hydrogen) atoms. The van der Waals surface area contributed by atoms with Crippen molar-refractivity contribution in [2.45, 2.75) is 13.8 Å². The zero-order valence-electron chi connectivity index (χ0n) is 7.64. The molecule has 0 bridgehead atoms. The van der Waals surface area contributed by atoms with E-state index in [1.807, 2.05) is 13.8 Å². The Kier molecular flexibility index (Phi) is 2.73. The fourth-order valence-electron chi connectivity index (χ4n) is 0.999. The zero-order valence-corrected chi connectivity index (χ0v) is 7.64. The number of anilines is 3. The van der Waals surface area contributed by atoms with E-state index in [0.717, 1.165) is 0 Å². The van der Waals surface area contributed by atoms with Gasteiger partial charge in [0.1, 0.15) is 5.69 Å². The van der Waals surface area contributed by atoms with Gasteiger partial charge < -0.3 is 16.4 Å². The molecule has 0 radical (unpaired) electrons. The molecule has 0 aromatic carbocycles. The first-order valence-electron chi connectivity index (χ1n) is 4.15. The van der Waals surface area contributed by atoms with E-state index in [1.54, 1.807) is 0 Å². The Hall–Kier alpha value is -1.72. The van der Waals surface area contributed by atoms with Crippen molar-refractivity contribution >= 4 is 17.5 Å². The first-order chi connectivity index (χ1) is 6.27. The molecule has 0 saturated carbocycles. The van der Waals surface area contributed by atoms with E-state index in [4.69, 9.17) is 5.73 Å². The Balaban J connectivity index is 0.000000396. The van der Waals surface area contributed by atoms with Crippen molar-refractivity contribution in [1.82, 2.24) is 9.97 Å². The van der Waals surface area contributed by atoms with Crippen molar-refractivity contribution < 1.29 is 0 Å². The van der Waals surface area contributed by atoms with Crippen LogP contribution in [0.3, 0.4) is 0 Å². The van der Waals surface area contributed by atoms with Crippen LogP contribution in [0.25, 0.3) is 0 Å². The molecule has 0 saturated heterocycles. The number of hydrogen-bond donors (Lipinski definition) is 4. The van der Waals surface area contributed by atoms with Crippen LogP contribution in [0, 0.1) is 0 Å². The maximum Gasteiger partial charge on any atom is 0.277 e. The van der Waals surface area contributed by atoms with Gasteiger partial charge in [0.2, 0.25) is 5.95 Å². The Morgan fingerprint density at radius 1 is 1.38 bits per heavy atom. The number of hydrogen-bond acceptors (Lipinski definition) is 5. The minimum absolute atomic E-state index is 0.130. The summed E-state index contributed by atoms with van der Waals surface area (Å²) in [5, 5.41) is 5.68. The van der Waals surface area contributed by atoms with Gasteiger partial charge in [0, 0.05) is 0 Å². The fourth-order valence-corrected chi connectivity index (χ4v) is 0.999. The number of nitrogen functional groups attached to an aromatic ring is 1. The highest BCUT2D eigenvalue weighted by molar-refractivity contribution is 5.68. The van der Waals surface area contributed by atoms with Gasteiger partial charge in [-0.2, -0.15) is 4.98 Å². The SMILES string of the molecule is CC.Nc1nc2c(c(=O)[nH]1)NCN2. The van der Waals surface area contributed by atoms with Gasteiger partial charge in [0.05, 0.1) is 6.67 Å². The Morgan fingerprint density at radius 3 is 2.77 bits per heavy atom. The van der Waals surface area contributed by atoms with Crippen LogP contribution >= 0.6 is 0 Å². The molecular weight excluding hydrogens is 170 g/mol. The van der Waals surface area contributed by atoms with E-state index < -0.39 is 0 Å². The van der Waals surface area contributed by atoms with E-state index in [9.17, 15) is 4.79 Å². The maximum atomic E-state index is 11.1. The van der Waals surface area contributed by atoms with Crippen LogP contribution in [0.4, 0.5) is 17.5 Å². The molecule has 0 unspecified atom stereocenters. The van der Waals surface area contributed by atoms with E-state index in [-0.39, 0.29) is 11.5 Å². The van der Waals surface area contributed by atoms with E-state index in [1.165, 1.54) is 0 Å².